The minimum atomic E-state index is -1.37. The molecule has 11 heteroatoms. The molecule has 6 unspecified atom stereocenters. The second-order valence-corrected chi connectivity index (χ2v) is 23.5. The summed E-state index contributed by atoms with van der Waals surface area (Å²) in [6, 6.07) is 0. The lowest BCUT2D eigenvalue weighted by atomic mass is 9.89. The van der Waals surface area contributed by atoms with E-state index >= 15 is 0 Å². The molecule has 0 saturated carbocycles. The average molecular weight is 1010 g/mol. The van der Waals surface area contributed by atoms with Crippen LogP contribution in [0.15, 0.2) is 0 Å². The minimum Gasteiger partial charge on any atom is -0.396 e. The third-order valence-corrected chi connectivity index (χ3v) is 14.6. The van der Waals surface area contributed by atoms with Gasteiger partial charge in [-0.05, 0) is 37.5 Å². The summed E-state index contributed by atoms with van der Waals surface area (Å²) in [6.45, 7) is 13.0. The molecule has 0 spiro atoms. The van der Waals surface area contributed by atoms with Crippen molar-refractivity contribution >= 4 is 11.8 Å². The first kappa shape index (κ1) is 69.7. The van der Waals surface area contributed by atoms with Gasteiger partial charge in [-0.3, -0.25) is 9.59 Å². The Balaban J connectivity index is 0.00000160. The van der Waals surface area contributed by atoms with Gasteiger partial charge in [0.1, 0.15) is 24.4 Å². The first-order chi connectivity index (χ1) is 34.1. The lowest BCUT2D eigenvalue weighted by Crippen LogP contribution is -2.60. The molecule has 11 nitrogen and oxygen atoms in total. The zero-order valence-electron chi connectivity index (χ0n) is 47.5. The smallest absolute Gasteiger partial charge is 0.220 e. The Hall–Kier alpha value is -1.34. The fourth-order valence-electron chi connectivity index (χ4n) is 9.67. The zero-order chi connectivity index (χ0) is 52.9. The predicted molar refractivity (Wildman–Crippen MR) is 296 cm³/mol. The van der Waals surface area contributed by atoms with Crippen LogP contribution in [0.4, 0.5) is 0 Å². The lowest BCUT2D eigenvalue weighted by Gasteiger charge is -2.41. The van der Waals surface area contributed by atoms with Gasteiger partial charge in [-0.2, -0.15) is 0 Å². The molecule has 71 heavy (non-hydrogen) atoms. The van der Waals surface area contributed by atoms with Crippen LogP contribution in [0.2, 0.25) is 0 Å². The van der Waals surface area contributed by atoms with Crippen LogP contribution in [-0.2, 0) is 19.1 Å². The molecule has 0 aromatic carbocycles. The lowest BCUT2D eigenvalue weighted by molar-refractivity contribution is -0.222. The maximum Gasteiger partial charge on any atom is 0.220 e. The summed E-state index contributed by atoms with van der Waals surface area (Å²) in [5.41, 5.74) is 4.35. The van der Waals surface area contributed by atoms with Crippen LogP contribution in [-0.4, -0.2) is 100 Å². The summed E-state index contributed by atoms with van der Waals surface area (Å²) >= 11 is 0. The summed E-state index contributed by atoms with van der Waals surface area (Å²) in [6.07, 6.45) is 43.4. The highest BCUT2D eigenvalue weighted by atomic mass is 16.5. The van der Waals surface area contributed by atoms with Crippen molar-refractivity contribution in [1.82, 2.24) is 5.32 Å². The fraction of sp³-hybridized carbons (Fsp3) is 0.967. The van der Waals surface area contributed by atoms with E-state index < -0.39 is 42.0 Å². The maximum absolute atomic E-state index is 12.7. The van der Waals surface area contributed by atoms with Crippen molar-refractivity contribution < 1.29 is 44.6 Å². The Kier molecular flexibility index (Phi) is 46.2. The largest absolute Gasteiger partial charge is 0.396 e. The number of nitrogens with one attached hydrogen (secondary N) is 1. The Labute approximate surface area is 438 Å². The Morgan fingerprint density at radius 2 is 0.873 bits per heavy atom. The number of carbonyl (C=O) groups is 2. The highest BCUT2D eigenvalue weighted by Crippen LogP contribution is 2.27. The molecule has 0 aromatic heterocycles. The number of aliphatic hydroxyl groups is 5. The van der Waals surface area contributed by atoms with Crippen molar-refractivity contribution in [1.29, 1.82) is 0 Å². The fourth-order valence-corrected chi connectivity index (χ4v) is 9.67. The van der Waals surface area contributed by atoms with Gasteiger partial charge in [-0.15, -0.1) is 0 Å². The summed E-state index contributed by atoms with van der Waals surface area (Å²) < 4.78 is 11.7. The van der Waals surface area contributed by atoms with Crippen LogP contribution in [0.25, 0.3) is 0 Å². The number of amides is 2. The molecular formula is C60H120N2O9. The van der Waals surface area contributed by atoms with Crippen molar-refractivity contribution in [2.24, 2.45) is 16.6 Å². The first-order valence-electron chi connectivity index (χ1n) is 30.2. The standard InChI is InChI=1S/C36H71NO8.C24H49NO/c1-6-7-8-9-10-11-12-13-14-15-16-17-18-20-28(39)21-19-22-29-32(41)34(43)33(42)30(45-29)24-37-31(40)23-35(2,3)26-44-27-36(4,5)25-38;1-2-3-4-5-6-7-8-9-10-11-12-13-14-15-16-17-18-19-20-21-22-23-24(25)26/h28-30,32-34,38-39,41-43H,6-27H2,1-5H3,(H,37,40);2-23H2,1H3,(H2,25,26). The molecule has 424 valence electrons. The van der Waals surface area contributed by atoms with Gasteiger partial charge in [0.2, 0.25) is 11.8 Å². The van der Waals surface area contributed by atoms with E-state index in [1.54, 1.807) is 0 Å². The van der Waals surface area contributed by atoms with Gasteiger partial charge in [0.25, 0.3) is 0 Å². The Morgan fingerprint density at radius 1 is 0.521 bits per heavy atom. The van der Waals surface area contributed by atoms with E-state index in [-0.39, 0.29) is 36.8 Å². The van der Waals surface area contributed by atoms with Gasteiger partial charge in [-0.1, -0.05) is 253 Å². The molecule has 1 heterocycles. The molecule has 0 radical (unpaired) electrons. The number of rotatable bonds is 49. The average Bonchev–Trinajstić information content (AvgIpc) is 3.33. The van der Waals surface area contributed by atoms with E-state index in [2.05, 4.69) is 19.2 Å². The number of primary amides is 1. The van der Waals surface area contributed by atoms with E-state index in [0.717, 1.165) is 25.7 Å². The third kappa shape index (κ3) is 43.6. The molecule has 8 N–H and O–H groups in total. The van der Waals surface area contributed by atoms with Crippen molar-refractivity contribution in [2.75, 3.05) is 26.4 Å². The number of unbranched alkanes of at least 4 members (excludes halogenated alkanes) is 32. The molecule has 6 atom stereocenters. The van der Waals surface area contributed by atoms with Gasteiger partial charge in [-0.25, -0.2) is 0 Å². The maximum atomic E-state index is 12.7. The molecule has 1 aliphatic heterocycles. The molecular weight excluding hydrogens is 893 g/mol. The van der Waals surface area contributed by atoms with Crippen molar-refractivity contribution in [3.63, 3.8) is 0 Å². The second kappa shape index (κ2) is 47.1. The van der Waals surface area contributed by atoms with Crippen LogP contribution < -0.4 is 11.1 Å². The normalized spacial score (nSPS) is 18.8. The monoisotopic (exact) mass is 1010 g/mol. The van der Waals surface area contributed by atoms with E-state index in [9.17, 15) is 35.1 Å². The van der Waals surface area contributed by atoms with Crippen LogP contribution in [0, 0.1) is 10.8 Å². The number of carbonyl (C=O) groups excluding carboxylic acids is 2. The Bertz CT molecular complexity index is 1190. The molecule has 1 fully saturated rings. The van der Waals surface area contributed by atoms with E-state index in [1.807, 2.05) is 27.7 Å². The zero-order valence-corrected chi connectivity index (χ0v) is 47.5. The van der Waals surface area contributed by atoms with Gasteiger partial charge in [0, 0.05) is 24.8 Å². The molecule has 1 saturated heterocycles. The van der Waals surface area contributed by atoms with Crippen molar-refractivity contribution in [2.45, 2.75) is 335 Å². The van der Waals surface area contributed by atoms with E-state index in [1.165, 1.54) is 199 Å². The minimum absolute atomic E-state index is 0.0104. The topological polar surface area (TPSA) is 192 Å². The van der Waals surface area contributed by atoms with Gasteiger partial charge in [0.15, 0.2) is 0 Å². The van der Waals surface area contributed by atoms with Gasteiger partial charge < -0.3 is 46.1 Å². The molecule has 0 aromatic rings. The molecule has 0 aliphatic carbocycles. The van der Waals surface area contributed by atoms with Crippen LogP contribution in [0.3, 0.4) is 0 Å². The number of hydrogen-bond acceptors (Lipinski definition) is 9. The number of hydrogen-bond donors (Lipinski definition) is 7. The van der Waals surface area contributed by atoms with E-state index in [0.29, 0.717) is 38.9 Å². The van der Waals surface area contributed by atoms with E-state index in [4.69, 9.17) is 15.2 Å². The van der Waals surface area contributed by atoms with Gasteiger partial charge in [0.05, 0.1) is 32.0 Å². The molecule has 1 rings (SSSR count). The van der Waals surface area contributed by atoms with Crippen molar-refractivity contribution in [3.8, 4) is 0 Å². The van der Waals surface area contributed by atoms with Crippen LogP contribution in [0.5, 0.6) is 0 Å². The third-order valence-electron chi connectivity index (χ3n) is 14.6. The second-order valence-electron chi connectivity index (χ2n) is 23.5. The number of aliphatic hydroxyl groups excluding tert-OH is 5. The number of ether oxygens (including phenoxy) is 2. The van der Waals surface area contributed by atoms with Crippen LogP contribution in [0.1, 0.15) is 298 Å². The molecule has 0 bridgehead atoms. The highest BCUT2D eigenvalue weighted by molar-refractivity contribution is 5.76. The SMILES string of the molecule is CCCCCCCCCCCCCCCC(O)CCCC1OC(CNC(=O)CC(C)(C)COCC(C)(C)CO)C(O)C(O)C1O.CCCCCCCCCCCCCCCCCCCCCCCC(N)=O. The molecule has 2 amide bonds. The summed E-state index contributed by atoms with van der Waals surface area (Å²) in [5.74, 6) is -0.378. The quantitative estimate of drug-likeness (QED) is 0.0291. The predicted octanol–water partition coefficient (Wildman–Crippen LogP) is 13.5. The van der Waals surface area contributed by atoms with Crippen molar-refractivity contribution in [3.05, 3.63) is 0 Å². The first-order valence-corrected chi connectivity index (χ1v) is 30.2. The Morgan fingerprint density at radius 3 is 1.27 bits per heavy atom. The highest BCUT2D eigenvalue weighted by Gasteiger charge is 2.43. The summed E-state index contributed by atoms with van der Waals surface area (Å²) in [4.78, 5) is 23.3. The van der Waals surface area contributed by atoms with Gasteiger partial charge >= 0.3 is 0 Å². The van der Waals surface area contributed by atoms with Crippen LogP contribution >= 0.6 is 0 Å². The number of nitrogens with two attached hydrogens (primary N) is 1. The summed E-state index contributed by atoms with van der Waals surface area (Å²) in [7, 11) is 0. The summed E-state index contributed by atoms with van der Waals surface area (Å²) in [5, 5.41) is 54.1. The molecule has 1 aliphatic rings.